The van der Waals surface area contributed by atoms with Crippen molar-refractivity contribution in [2.45, 2.75) is 0 Å². The van der Waals surface area contributed by atoms with Crippen LogP contribution in [0, 0.1) is 0 Å². The van der Waals surface area contributed by atoms with E-state index in [4.69, 9.17) is 65.4 Å². The number of hydrogen-bond acceptors (Lipinski definition) is 9. The molecule has 0 atom stereocenters. The number of aromatic nitrogens is 15. The molecule has 30 rings (SSSR count). The Morgan fingerprint density at radius 2 is 0.393 bits per heavy atom. The summed E-state index contributed by atoms with van der Waals surface area (Å²) in [5, 5.41) is 12.4. The third kappa shape index (κ3) is 15.3. The highest BCUT2D eigenvalue weighted by Gasteiger charge is 2.29. The number of nitrogens with zero attached hydrogens (tertiary/aromatic N) is 15. The molecule has 9 aromatic heterocycles. The lowest BCUT2D eigenvalue weighted by Gasteiger charge is -2.13. The fourth-order valence-electron chi connectivity index (χ4n) is 21.2. The molecule has 9 heterocycles. The Balaban J connectivity index is 0.000000116. The van der Waals surface area contributed by atoms with Crippen molar-refractivity contribution >= 4 is 131 Å². The van der Waals surface area contributed by atoms with Crippen LogP contribution in [0.1, 0.15) is 20.6 Å². The minimum Gasteiger partial charge on any atom is -0.309 e. The summed E-state index contributed by atoms with van der Waals surface area (Å²) in [5.74, 6) is 1.63. The molecular weight excluding hydrogens is 1830 g/mol. The zero-order chi connectivity index (χ0) is 112. The van der Waals surface area contributed by atoms with E-state index in [1.165, 1.54) is 0 Å². The van der Waals surface area contributed by atoms with Gasteiger partial charge in [-0.05, 0) is 149 Å². The van der Waals surface area contributed by atoms with Crippen LogP contribution in [-0.4, -0.2) is 72.3 Å². The molecule has 702 valence electrons. The van der Waals surface area contributed by atoms with Crippen molar-refractivity contribution in [1.29, 1.82) is 0 Å². The third-order valence-electron chi connectivity index (χ3n) is 27.8. The Kier molecular flexibility index (Phi) is 17.9. The van der Waals surface area contributed by atoms with Gasteiger partial charge in [0.2, 0.25) is 17.8 Å². The van der Waals surface area contributed by atoms with Crippen LogP contribution in [-0.2, 0) is 0 Å². The second kappa shape index (κ2) is 37.0. The highest BCUT2D eigenvalue weighted by atomic mass is 15.2. The van der Waals surface area contributed by atoms with Gasteiger partial charge in [-0.25, -0.2) is 15.0 Å². The molecule has 21 aromatic carbocycles. The van der Waals surface area contributed by atoms with Crippen molar-refractivity contribution in [3.8, 4) is 137 Å². The number of hydrogen-bond donors (Lipinski definition) is 0. The van der Waals surface area contributed by atoms with Gasteiger partial charge in [0.25, 0.3) is 0 Å². The number of rotatable bonds is 15. The molecule has 0 aliphatic heterocycles. The highest BCUT2D eigenvalue weighted by Crippen LogP contribution is 2.47. The van der Waals surface area contributed by atoms with Gasteiger partial charge in [0, 0.05) is 115 Å². The standard InChI is InChI=1S/3C45H29N5/c1-4-15-30(16-5-1)32-19-14-20-33(27-32)44-46-43(31-17-6-2-7-18-31)47-45(48-44)50-40-26-13-11-24-36(40)38-28-41-37(29-42(38)50)35-23-10-12-25-39(35)49(41)34-21-8-3-9-22-34;1-4-14-30(15-5-1)31-24-26-33(27-25-31)44-46-43(32-16-6-2-7-17-32)47-45(48-44)50-38-23-13-11-21-36(38)42-40(50)29-28-39-41(42)35-20-10-12-22-37(35)49(39)34-18-8-3-9-19-34;1-4-16-30(17-5-1)33-22-10-11-25-36(33)44-46-43(31-18-6-2-7-19-31)47-45(48-44)50-40-27-15-13-24-35(40)38-28-41-37(29-42(38)50)34-23-12-14-26-39(34)49(41)32-20-8-3-9-21-32/h3*1-29H/i2D,6D,7D,17D,18D;2D,6D,7D,16D,17D;2D,6D,7D,18D,19D. The van der Waals surface area contributed by atoms with Crippen LogP contribution in [0.3, 0.4) is 0 Å². The quantitative estimate of drug-likeness (QED) is 0.0979. The monoisotopic (exact) mass is 1930 g/mol. The van der Waals surface area contributed by atoms with Crippen LogP contribution in [0.25, 0.3) is 267 Å². The number of para-hydroxylation sites is 9. The fourth-order valence-corrected chi connectivity index (χ4v) is 21.2. The van der Waals surface area contributed by atoms with Crippen molar-refractivity contribution in [2.75, 3.05) is 0 Å². The van der Waals surface area contributed by atoms with E-state index >= 15 is 0 Å². The van der Waals surface area contributed by atoms with E-state index in [2.05, 4.69) is 165 Å². The van der Waals surface area contributed by atoms with Gasteiger partial charge in [-0.15, -0.1) is 0 Å². The van der Waals surface area contributed by atoms with Gasteiger partial charge in [0.1, 0.15) is 0 Å². The van der Waals surface area contributed by atoms with Crippen LogP contribution in [0.4, 0.5) is 0 Å². The number of fused-ring (bicyclic) bond motifs is 19. The van der Waals surface area contributed by atoms with Crippen molar-refractivity contribution in [2.24, 2.45) is 0 Å². The summed E-state index contributed by atoms with van der Waals surface area (Å²) in [7, 11) is 0. The van der Waals surface area contributed by atoms with Gasteiger partial charge < -0.3 is 13.7 Å². The van der Waals surface area contributed by atoms with Gasteiger partial charge in [0.05, 0.1) is 86.8 Å². The van der Waals surface area contributed by atoms with Gasteiger partial charge in [0.15, 0.2) is 34.9 Å². The first-order valence-corrected chi connectivity index (χ1v) is 49.2. The summed E-state index contributed by atoms with van der Waals surface area (Å²) in [6, 6.07) is 140. The molecule has 30 aromatic rings. The van der Waals surface area contributed by atoms with Crippen LogP contribution in [0.2, 0.25) is 0 Å². The lowest BCUT2D eigenvalue weighted by Crippen LogP contribution is -2.06. The lowest BCUT2D eigenvalue weighted by molar-refractivity contribution is 0.953. The topological polar surface area (TPSA) is 146 Å². The molecule has 0 aliphatic carbocycles. The smallest absolute Gasteiger partial charge is 0.238 e. The van der Waals surface area contributed by atoms with Crippen molar-refractivity contribution < 1.29 is 20.6 Å². The summed E-state index contributed by atoms with van der Waals surface area (Å²) in [4.78, 5) is 44.7. The van der Waals surface area contributed by atoms with E-state index in [0.717, 1.165) is 181 Å². The Morgan fingerprint density at radius 1 is 0.140 bits per heavy atom. The van der Waals surface area contributed by atoms with Gasteiger partial charge in [-0.2, -0.15) is 29.9 Å². The van der Waals surface area contributed by atoms with E-state index in [-0.39, 0.29) is 88.3 Å². The predicted octanol–water partition coefficient (Wildman–Crippen LogP) is 33.2. The van der Waals surface area contributed by atoms with Gasteiger partial charge in [-0.1, -0.05) is 412 Å². The van der Waals surface area contributed by atoms with E-state index < -0.39 is 54.4 Å². The number of benzene rings is 21. The fraction of sp³-hybridized carbons (Fsp3) is 0. The average Bonchev–Trinajstić information content (AvgIpc) is 1.55. The summed E-state index contributed by atoms with van der Waals surface area (Å²) >= 11 is 0. The molecule has 0 fully saturated rings. The molecule has 0 saturated carbocycles. The SMILES string of the molecule is [2H]c1c([2H])c([2H])c(-c2nc(-c3ccc(-c4ccccc4)cc3)nc(-n3c4ccccc4c4c5c6ccccc6n(-c6ccccc6)c5ccc43)n2)c([2H])c1[2H].[2H]c1c([2H])c([2H])c(-c2nc(-c3cccc(-c4ccccc4)c3)nc(-n3c4ccccc4c4cc5c(cc43)c3ccccc3n5-c3ccccc3)n2)c([2H])c1[2H].[2H]c1c([2H])c([2H])c(-c2nc(-c3ccccc3-c3ccccc3)nc(-n3c4ccccc4c4cc5c(cc43)c3ccccc3n5-c3ccccc3)n2)c([2H])c1[2H]. The molecule has 0 saturated heterocycles. The second-order valence-corrected chi connectivity index (χ2v) is 36.4. The zero-order valence-corrected chi connectivity index (χ0v) is 79.8. The molecule has 0 unspecified atom stereocenters. The molecular formula is C135H87N15. The lowest BCUT2D eigenvalue weighted by atomic mass is 9.99. The Labute approximate surface area is 882 Å². The summed E-state index contributed by atoms with van der Waals surface area (Å²) in [6.45, 7) is 0. The van der Waals surface area contributed by atoms with E-state index in [9.17, 15) is 0 Å². The van der Waals surface area contributed by atoms with Crippen LogP contribution in [0.5, 0.6) is 0 Å². The minimum atomic E-state index is -0.483. The van der Waals surface area contributed by atoms with Gasteiger partial charge in [-0.3, -0.25) is 13.7 Å². The van der Waals surface area contributed by atoms with E-state index in [1.54, 1.807) is 0 Å². The van der Waals surface area contributed by atoms with Crippen LogP contribution >= 0.6 is 0 Å². The molecule has 0 spiro atoms. The first kappa shape index (κ1) is 72.7. The average molecular weight is 1930 g/mol. The van der Waals surface area contributed by atoms with Crippen molar-refractivity contribution in [1.82, 2.24) is 72.3 Å². The first-order chi connectivity index (χ1) is 80.6. The van der Waals surface area contributed by atoms with Crippen molar-refractivity contribution in [3.63, 3.8) is 0 Å². The van der Waals surface area contributed by atoms with Crippen LogP contribution in [0.15, 0.2) is 527 Å². The largest absolute Gasteiger partial charge is 0.309 e. The highest BCUT2D eigenvalue weighted by molar-refractivity contribution is 6.29. The Bertz CT molecular complexity index is 11400. The molecule has 15 nitrogen and oxygen atoms in total. The van der Waals surface area contributed by atoms with Gasteiger partial charge >= 0.3 is 0 Å². The first-order valence-electron chi connectivity index (χ1n) is 56.7. The summed E-state index contributed by atoms with van der Waals surface area (Å²) < 4.78 is 141. The molecule has 0 aliphatic rings. The van der Waals surface area contributed by atoms with E-state index in [0.29, 0.717) is 34.2 Å². The predicted molar refractivity (Wildman–Crippen MR) is 614 cm³/mol. The maximum Gasteiger partial charge on any atom is 0.238 e. The van der Waals surface area contributed by atoms with Crippen LogP contribution < -0.4 is 0 Å². The molecule has 150 heavy (non-hydrogen) atoms. The Hall–Kier alpha value is -20.6. The summed E-state index contributed by atoms with van der Waals surface area (Å²) in [6.07, 6.45) is 0. The minimum absolute atomic E-state index is 0.0168. The molecule has 15 heteroatoms. The maximum atomic E-state index is 8.89. The summed E-state index contributed by atoms with van der Waals surface area (Å²) in [5.41, 5.74) is 22.4. The normalized spacial score (nSPS) is 13.0. The van der Waals surface area contributed by atoms with Crippen molar-refractivity contribution in [3.05, 3.63) is 527 Å². The Morgan fingerprint density at radius 3 is 0.800 bits per heavy atom. The zero-order valence-electron chi connectivity index (χ0n) is 94.8. The molecule has 0 bridgehead atoms. The molecule has 0 radical (unpaired) electrons. The van der Waals surface area contributed by atoms with E-state index in [1.807, 2.05) is 299 Å². The third-order valence-corrected chi connectivity index (χ3v) is 27.8. The molecule has 0 N–H and O–H groups in total. The maximum absolute atomic E-state index is 8.89. The molecule has 0 amide bonds. The second-order valence-electron chi connectivity index (χ2n) is 36.4.